The first-order valence-corrected chi connectivity index (χ1v) is 6.71. The molecule has 0 fully saturated rings. The summed E-state index contributed by atoms with van der Waals surface area (Å²) in [5.74, 6) is 0.761. The summed E-state index contributed by atoms with van der Waals surface area (Å²) < 4.78 is 5.53. The minimum atomic E-state index is -0.0529. The molecule has 0 aromatic heterocycles. The average Bonchev–Trinajstić information content (AvgIpc) is 2.47. The summed E-state index contributed by atoms with van der Waals surface area (Å²) in [5, 5.41) is 2.87. The number of nitrogens with one attached hydrogen (secondary N) is 1. The Hall–Kier alpha value is -2.29. The molecule has 0 saturated heterocycles. The molecule has 1 amide bonds. The second kappa shape index (κ2) is 6.75. The van der Waals surface area contributed by atoms with Gasteiger partial charge in [-0.2, -0.15) is 0 Å². The number of para-hydroxylation sites is 1. The van der Waals surface area contributed by atoms with Gasteiger partial charge in [0.05, 0.1) is 6.54 Å². The lowest BCUT2D eigenvalue weighted by Crippen LogP contribution is -2.28. The highest BCUT2D eigenvalue weighted by atomic mass is 16.5. The van der Waals surface area contributed by atoms with Gasteiger partial charge in [-0.1, -0.05) is 30.3 Å². The molecule has 3 heteroatoms. The van der Waals surface area contributed by atoms with Crippen LogP contribution in [-0.2, 0) is 0 Å². The van der Waals surface area contributed by atoms with Crippen molar-refractivity contribution in [1.29, 1.82) is 0 Å². The average molecular weight is 269 g/mol. The van der Waals surface area contributed by atoms with Gasteiger partial charge in [0.1, 0.15) is 12.4 Å². The Balaban J connectivity index is 1.82. The van der Waals surface area contributed by atoms with E-state index < -0.39 is 0 Å². The largest absolute Gasteiger partial charge is 0.492 e. The summed E-state index contributed by atoms with van der Waals surface area (Å²) in [7, 11) is 0. The van der Waals surface area contributed by atoms with E-state index in [9.17, 15) is 4.79 Å². The molecule has 2 aromatic carbocycles. The van der Waals surface area contributed by atoms with Crippen LogP contribution in [0.5, 0.6) is 5.75 Å². The fraction of sp³-hybridized carbons (Fsp3) is 0.235. The minimum Gasteiger partial charge on any atom is -0.492 e. The van der Waals surface area contributed by atoms with E-state index in [0.717, 1.165) is 22.4 Å². The van der Waals surface area contributed by atoms with E-state index in [4.69, 9.17) is 4.74 Å². The molecule has 3 nitrogen and oxygen atoms in total. The van der Waals surface area contributed by atoms with Gasteiger partial charge in [-0.05, 0) is 43.2 Å². The van der Waals surface area contributed by atoms with Gasteiger partial charge in [0, 0.05) is 5.56 Å². The quantitative estimate of drug-likeness (QED) is 0.847. The fourth-order valence-electron chi connectivity index (χ4n) is 1.94. The lowest BCUT2D eigenvalue weighted by molar-refractivity contribution is 0.0946. The first-order chi connectivity index (χ1) is 9.68. The van der Waals surface area contributed by atoms with Crippen LogP contribution in [0.25, 0.3) is 0 Å². The zero-order valence-electron chi connectivity index (χ0n) is 11.8. The van der Waals surface area contributed by atoms with Crippen LogP contribution in [0.3, 0.4) is 0 Å². The van der Waals surface area contributed by atoms with Crippen molar-refractivity contribution in [3.63, 3.8) is 0 Å². The first-order valence-electron chi connectivity index (χ1n) is 6.71. The molecule has 0 aliphatic carbocycles. The summed E-state index contributed by atoms with van der Waals surface area (Å²) in [6.07, 6.45) is 0. The predicted molar refractivity (Wildman–Crippen MR) is 80.2 cm³/mol. The summed E-state index contributed by atoms with van der Waals surface area (Å²) in [4.78, 5) is 12.1. The van der Waals surface area contributed by atoms with Crippen molar-refractivity contribution >= 4 is 5.91 Å². The molecule has 0 unspecified atom stereocenters. The Morgan fingerprint density at radius 2 is 1.80 bits per heavy atom. The zero-order chi connectivity index (χ0) is 14.4. The maximum atomic E-state index is 12.1. The first kappa shape index (κ1) is 14.1. The van der Waals surface area contributed by atoms with Crippen LogP contribution in [0.2, 0.25) is 0 Å². The van der Waals surface area contributed by atoms with Crippen molar-refractivity contribution in [1.82, 2.24) is 5.32 Å². The molecule has 0 bridgehead atoms. The molecule has 2 aromatic rings. The number of amides is 1. The molecule has 0 aliphatic heterocycles. The van der Waals surface area contributed by atoms with Crippen LogP contribution in [-0.4, -0.2) is 19.1 Å². The van der Waals surface area contributed by atoms with E-state index in [1.807, 2.05) is 62.4 Å². The molecule has 0 spiro atoms. The molecule has 2 rings (SSSR count). The van der Waals surface area contributed by atoms with Gasteiger partial charge in [0.2, 0.25) is 0 Å². The van der Waals surface area contributed by atoms with Gasteiger partial charge >= 0.3 is 0 Å². The molecule has 0 aliphatic rings. The van der Waals surface area contributed by atoms with E-state index in [0.29, 0.717) is 13.2 Å². The molecular formula is C17H19NO2. The van der Waals surface area contributed by atoms with Crippen LogP contribution in [0, 0.1) is 13.8 Å². The van der Waals surface area contributed by atoms with Crippen molar-refractivity contribution in [2.24, 2.45) is 0 Å². The van der Waals surface area contributed by atoms with Crippen molar-refractivity contribution in [2.45, 2.75) is 13.8 Å². The van der Waals surface area contributed by atoms with E-state index in [1.165, 1.54) is 0 Å². The third kappa shape index (κ3) is 3.60. The normalized spacial score (nSPS) is 10.1. The number of carbonyl (C=O) groups is 1. The van der Waals surface area contributed by atoms with Gasteiger partial charge in [0.25, 0.3) is 5.91 Å². The Kier molecular flexibility index (Phi) is 4.77. The van der Waals surface area contributed by atoms with Crippen molar-refractivity contribution < 1.29 is 9.53 Å². The number of rotatable bonds is 5. The van der Waals surface area contributed by atoms with E-state index >= 15 is 0 Å². The Morgan fingerprint density at radius 1 is 1.05 bits per heavy atom. The molecule has 0 heterocycles. The lowest BCUT2D eigenvalue weighted by Gasteiger charge is -2.10. The smallest absolute Gasteiger partial charge is 0.251 e. The van der Waals surface area contributed by atoms with E-state index in [2.05, 4.69) is 5.32 Å². The number of carbonyl (C=O) groups excluding carboxylic acids is 1. The van der Waals surface area contributed by atoms with Gasteiger partial charge < -0.3 is 10.1 Å². The van der Waals surface area contributed by atoms with Crippen LogP contribution in [0.4, 0.5) is 0 Å². The standard InChI is InChI=1S/C17H19NO2/c1-13-7-6-10-16(14(13)2)17(19)18-11-12-20-15-8-4-3-5-9-15/h3-10H,11-12H2,1-2H3,(H,18,19). The van der Waals surface area contributed by atoms with Crippen LogP contribution < -0.4 is 10.1 Å². The van der Waals surface area contributed by atoms with Gasteiger partial charge in [-0.25, -0.2) is 0 Å². The lowest BCUT2D eigenvalue weighted by atomic mass is 10.0. The summed E-state index contributed by atoms with van der Waals surface area (Å²) in [5.41, 5.74) is 2.87. The molecular weight excluding hydrogens is 250 g/mol. The molecule has 104 valence electrons. The Morgan fingerprint density at radius 3 is 2.55 bits per heavy atom. The number of ether oxygens (including phenoxy) is 1. The number of benzene rings is 2. The van der Waals surface area contributed by atoms with Crippen molar-refractivity contribution in [3.05, 3.63) is 65.2 Å². The van der Waals surface area contributed by atoms with Crippen molar-refractivity contribution in [2.75, 3.05) is 13.2 Å². The van der Waals surface area contributed by atoms with Gasteiger partial charge in [0.15, 0.2) is 0 Å². The number of hydrogen-bond donors (Lipinski definition) is 1. The molecule has 1 N–H and O–H groups in total. The highest BCUT2D eigenvalue weighted by Crippen LogP contribution is 2.12. The third-order valence-electron chi connectivity index (χ3n) is 3.25. The maximum absolute atomic E-state index is 12.1. The van der Waals surface area contributed by atoms with Crippen LogP contribution >= 0.6 is 0 Å². The number of aryl methyl sites for hydroxylation is 1. The summed E-state index contributed by atoms with van der Waals surface area (Å²) in [6.45, 7) is 4.91. The van der Waals surface area contributed by atoms with E-state index in [1.54, 1.807) is 0 Å². The summed E-state index contributed by atoms with van der Waals surface area (Å²) in [6, 6.07) is 15.3. The zero-order valence-corrected chi connectivity index (χ0v) is 11.8. The fourth-order valence-corrected chi connectivity index (χ4v) is 1.94. The highest BCUT2D eigenvalue weighted by Gasteiger charge is 2.09. The summed E-state index contributed by atoms with van der Waals surface area (Å²) >= 11 is 0. The van der Waals surface area contributed by atoms with Gasteiger partial charge in [-0.3, -0.25) is 4.79 Å². The second-order valence-corrected chi connectivity index (χ2v) is 4.66. The van der Waals surface area contributed by atoms with Crippen LogP contribution in [0.1, 0.15) is 21.5 Å². The molecule has 0 atom stereocenters. The molecule has 0 saturated carbocycles. The second-order valence-electron chi connectivity index (χ2n) is 4.66. The Labute approximate surface area is 119 Å². The molecule has 20 heavy (non-hydrogen) atoms. The maximum Gasteiger partial charge on any atom is 0.251 e. The van der Waals surface area contributed by atoms with Crippen LogP contribution in [0.15, 0.2) is 48.5 Å². The van der Waals surface area contributed by atoms with E-state index in [-0.39, 0.29) is 5.91 Å². The SMILES string of the molecule is Cc1cccc(C(=O)NCCOc2ccccc2)c1C. The van der Waals surface area contributed by atoms with Crippen molar-refractivity contribution in [3.8, 4) is 5.75 Å². The Bertz CT molecular complexity index is 579. The number of hydrogen-bond acceptors (Lipinski definition) is 2. The molecule has 0 radical (unpaired) electrons. The monoisotopic (exact) mass is 269 g/mol. The minimum absolute atomic E-state index is 0.0529. The highest BCUT2D eigenvalue weighted by molar-refractivity contribution is 5.95. The topological polar surface area (TPSA) is 38.3 Å². The van der Waals surface area contributed by atoms with Gasteiger partial charge in [-0.15, -0.1) is 0 Å². The third-order valence-corrected chi connectivity index (χ3v) is 3.25. The predicted octanol–water partition coefficient (Wildman–Crippen LogP) is 3.11.